The molecule has 2 nitrogen and oxygen atoms in total. The van der Waals surface area contributed by atoms with Gasteiger partial charge in [-0.15, -0.1) is 11.8 Å². The maximum absolute atomic E-state index is 11.9. The molecule has 1 aliphatic heterocycles. The molecule has 0 bridgehead atoms. The molecule has 1 heterocycles. The van der Waals surface area contributed by atoms with Gasteiger partial charge in [-0.1, -0.05) is 13.8 Å². The monoisotopic (exact) mass is 234 g/mol. The molecule has 0 amide bonds. The number of carbonyl (C=O) groups is 1. The van der Waals surface area contributed by atoms with Crippen molar-refractivity contribution < 1.29 is 9.00 Å². The molecule has 1 rings (SSSR count). The zero-order chi connectivity index (χ0) is 10.6. The average molecular weight is 234 g/mol. The van der Waals surface area contributed by atoms with Gasteiger partial charge < -0.3 is 0 Å². The first-order valence-corrected chi connectivity index (χ1v) is 7.53. The second kappa shape index (κ2) is 5.31. The Morgan fingerprint density at radius 3 is 2.71 bits per heavy atom. The average Bonchev–Trinajstić information content (AvgIpc) is 2.19. The topological polar surface area (TPSA) is 34.1 Å². The van der Waals surface area contributed by atoms with Crippen LogP contribution in [-0.4, -0.2) is 25.6 Å². The van der Waals surface area contributed by atoms with Crippen LogP contribution in [0, 0.1) is 0 Å². The van der Waals surface area contributed by atoms with Gasteiger partial charge in [0.05, 0.1) is 0 Å². The smallest absolute Gasteiger partial charge is 0.161 e. The van der Waals surface area contributed by atoms with E-state index in [0.29, 0.717) is 18.6 Å². The van der Waals surface area contributed by atoms with Crippen LogP contribution in [0.3, 0.4) is 0 Å². The first-order valence-electron chi connectivity index (χ1n) is 5.23. The highest BCUT2D eigenvalue weighted by Gasteiger charge is 2.43. The molecule has 82 valence electrons. The predicted molar refractivity (Wildman–Crippen MR) is 63.0 cm³/mol. The van der Waals surface area contributed by atoms with Crippen molar-refractivity contribution in [3.05, 3.63) is 0 Å². The van der Waals surface area contributed by atoms with Gasteiger partial charge in [0.2, 0.25) is 0 Å². The van der Waals surface area contributed by atoms with Crippen molar-refractivity contribution in [2.45, 2.75) is 43.6 Å². The van der Waals surface area contributed by atoms with E-state index in [-0.39, 0.29) is 5.78 Å². The number of hydrogen-bond acceptors (Lipinski definition) is 3. The normalized spacial score (nSPS) is 32.9. The molecule has 0 saturated carbocycles. The van der Waals surface area contributed by atoms with Gasteiger partial charge in [-0.3, -0.25) is 9.00 Å². The molecule has 1 aliphatic rings. The highest BCUT2D eigenvalue weighted by molar-refractivity contribution is 8.14. The van der Waals surface area contributed by atoms with Crippen LogP contribution >= 0.6 is 11.8 Å². The van der Waals surface area contributed by atoms with Crippen LogP contribution in [0.4, 0.5) is 0 Å². The molecule has 0 aromatic carbocycles. The molecule has 0 unspecified atom stereocenters. The third-order valence-electron chi connectivity index (χ3n) is 2.54. The number of Topliss-reactive ketones (excluding diaryl/α,β-unsaturated/α-hetero) is 1. The molecule has 14 heavy (non-hydrogen) atoms. The summed E-state index contributed by atoms with van der Waals surface area (Å²) in [5.74, 6) is 1.89. The standard InChI is InChI=1S/C10H18O2S2/c1-3-6-9(11)10(4-2)13-7-5-8-14(10)12/h3-8H2,1-2H3/t10-,14+/m1/s1. The molecular weight excluding hydrogens is 216 g/mol. The molecular formula is C10H18O2S2. The van der Waals surface area contributed by atoms with Crippen LogP contribution in [-0.2, 0) is 15.6 Å². The molecule has 0 spiro atoms. The summed E-state index contributed by atoms with van der Waals surface area (Å²) < 4.78 is 11.4. The van der Waals surface area contributed by atoms with Crippen LogP contribution in [0.25, 0.3) is 0 Å². The largest absolute Gasteiger partial charge is 0.297 e. The summed E-state index contributed by atoms with van der Waals surface area (Å²) in [6.45, 7) is 3.97. The second-order valence-electron chi connectivity index (χ2n) is 3.53. The summed E-state index contributed by atoms with van der Waals surface area (Å²) in [6.07, 6.45) is 3.13. The summed E-state index contributed by atoms with van der Waals surface area (Å²) >= 11 is 1.62. The third-order valence-corrected chi connectivity index (χ3v) is 6.84. The molecule has 2 atom stereocenters. The molecule has 0 aromatic rings. The number of carbonyl (C=O) groups excluding carboxylic acids is 1. The molecule has 1 saturated heterocycles. The first kappa shape index (κ1) is 12.2. The number of hydrogen-bond donors (Lipinski definition) is 0. The van der Waals surface area contributed by atoms with Gasteiger partial charge in [-0.2, -0.15) is 0 Å². The Morgan fingerprint density at radius 2 is 2.21 bits per heavy atom. The van der Waals surface area contributed by atoms with E-state index in [1.54, 1.807) is 11.8 Å². The van der Waals surface area contributed by atoms with E-state index in [9.17, 15) is 9.00 Å². The minimum atomic E-state index is -0.955. The van der Waals surface area contributed by atoms with Crippen LogP contribution in [0.5, 0.6) is 0 Å². The van der Waals surface area contributed by atoms with E-state index in [2.05, 4.69) is 0 Å². The van der Waals surface area contributed by atoms with Crippen LogP contribution in [0.2, 0.25) is 0 Å². The van der Waals surface area contributed by atoms with Crippen molar-refractivity contribution in [3.8, 4) is 0 Å². The summed E-state index contributed by atoms with van der Waals surface area (Å²) in [4.78, 5) is 11.9. The summed E-state index contributed by atoms with van der Waals surface area (Å²) in [6, 6.07) is 0. The van der Waals surface area contributed by atoms with Crippen LogP contribution in [0.15, 0.2) is 0 Å². The van der Waals surface area contributed by atoms with Gasteiger partial charge in [0.15, 0.2) is 5.78 Å². The predicted octanol–water partition coefficient (Wildman–Crippen LogP) is 2.35. The van der Waals surface area contributed by atoms with Crippen molar-refractivity contribution in [2.24, 2.45) is 0 Å². The number of ketones is 1. The van der Waals surface area contributed by atoms with E-state index in [1.165, 1.54) is 0 Å². The third kappa shape index (κ3) is 2.22. The lowest BCUT2D eigenvalue weighted by Gasteiger charge is -2.33. The van der Waals surface area contributed by atoms with Gasteiger partial charge in [0, 0.05) is 23.0 Å². The minimum absolute atomic E-state index is 0.200. The molecule has 0 aromatic heterocycles. The zero-order valence-corrected chi connectivity index (χ0v) is 10.5. The Balaban J connectivity index is 2.82. The quantitative estimate of drug-likeness (QED) is 0.749. The Kier molecular flexibility index (Phi) is 4.64. The van der Waals surface area contributed by atoms with Gasteiger partial charge in [-0.05, 0) is 25.0 Å². The molecule has 1 fully saturated rings. The fourth-order valence-electron chi connectivity index (χ4n) is 1.74. The van der Waals surface area contributed by atoms with E-state index in [1.807, 2.05) is 13.8 Å². The van der Waals surface area contributed by atoms with Crippen molar-refractivity contribution in [3.63, 3.8) is 0 Å². The summed E-state index contributed by atoms with van der Waals surface area (Å²) in [5, 5.41) is 0. The Labute approximate surface area is 92.7 Å². The summed E-state index contributed by atoms with van der Waals surface area (Å²) in [5.41, 5.74) is 0. The Hall–Kier alpha value is 0.170. The van der Waals surface area contributed by atoms with E-state index in [4.69, 9.17) is 0 Å². The van der Waals surface area contributed by atoms with Gasteiger partial charge >= 0.3 is 0 Å². The molecule has 0 radical (unpaired) electrons. The van der Waals surface area contributed by atoms with Crippen LogP contribution < -0.4 is 0 Å². The minimum Gasteiger partial charge on any atom is -0.297 e. The fourth-order valence-corrected chi connectivity index (χ4v) is 5.45. The first-order chi connectivity index (χ1) is 6.67. The number of thioether (sulfide) groups is 1. The number of rotatable bonds is 4. The molecule has 4 heteroatoms. The van der Waals surface area contributed by atoms with Crippen LogP contribution in [0.1, 0.15) is 39.5 Å². The molecule has 0 aliphatic carbocycles. The molecule has 0 N–H and O–H groups in total. The maximum Gasteiger partial charge on any atom is 0.161 e. The van der Waals surface area contributed by atoms with Gasteiger partial charge in [0.1, 0.15) is 4.08 Å². The maximum atomic E-state index is 11.9. The fraction of sp³-hybridized carbons (Fsp3) is 0.900. The van der Waals surface area contributed by atoms with Crippen molar-refractivity contribution in [2.75, 3.05) is 11.5 Å². The lowest BCUT2D eigenvalue weighted by atomic mass is 10.1. The van der Waals surface area contributed by atoms with E-state index < -0.39 is 14.9 Å². The lowest BCUT2D eigenvalue weighted by Crippen LogP contribution is -2.43. The van der Waals surface area contributed by atoms with E-state index in [0.717, 1.165) is 18.6 Å². The van der Waals surface area contributed by atoms with Crippen molar-refractivity contribution in [1.29, 1.82) is 0 Å². The Morgan fingerprint density at radius 1 is 1.50 bits per heavy atom. The van der Waals surface area contributed by atoms with E-state index >= 15 is 0 Å². The highest BCUT2D eigenvalue weighted by atomic mass is 32.2. The van der Waals surface area contributed by atoms with Crippen molar-refractivity contribution >= 4 is 28.3 Å². The second-order valence-corrected chi connectivity index (χ2v) is 6.98. The van der Waals surface area contributed by atoms with Gasteiger partial charge in [-0.25, -0.2) is 0 Å². The Bertz CT molecular complexity index is 240. The highest BCUT2D eigenvalue weighted by Crippen LogP contribution is 2.39. The van der Waals surface area contributed by atoms with Gasteiger partial charge in [0.25, 0.3) is 0 Å². The SMILES string of the molecule is CCCC(=O)[C@]1(CC)SCCC[S@@]1=O. The zero-order valence-electron chi connectivity index (χ0n) is 8.88. The van der Waals surface area contributed by atoms with Crippen molar-refractivity contribution in [1.82, 2.24) is 0 Å². The summed E-state index contributed by atoms with van der Waals surface area (Å²) in [7, 11) is -0.955. The lowest BCUT2D eigenvalue weighted by molar-refractivity contribution is -0.119.